The molecule has 0 amide bonds. The van der Waals surface area contributed by atoms with Gasteiger partial charge in [0.25, 0.3) is 0 Å². The van der Waals surface area contributed by atoms with E-state index in [1.165, 1.54) is 0 Å². The fourth-order valence-corrected chi connectivity index (χ4v) is 0.540. The molecule has 1 aromatic heterocycles. The highest BCUT2D eigenvalue weighted by atomic mass is 32.1. The molecule has 0 saturated heterocycles. The van der Waals surface area contributed by atoms with E-state index in [1.807, 2.05) is 27.7 Å². The van der Waals surface area contributed by atoms with E-state index in [2.05, 4.69) is 17.6 Å². The molecule has 0 aromatic carbocycles. The van der Waals surface area contributed by atoms with Gasteiger partial charge in [0.05, 0.1) is 6.20 Å². The molecular weight excluding hydrogens is 158 g/mol. The van der Waals surface area contributed by atoms with E-state index >= 15 is 0 Å². The van der Waals surface area contributed by atoms with Crippen LogP contribution in [-0.2, 0) is 0 Å². The maximum Gasteiger partial charge on any atom is 0.192 e. The van der Waals surface area contributed by atoms with Crippen molar-refractivity contribution < 1.29 is 4.42 Å². The van der Waals surface area contributed by atoms with Crippen molar-refractivity contribution in [3.05, 3.63) is 12.1 Å². The quantitative estimate of drug-likeness (QED) is 0.612. The van der Waals surface area contributed by atoms with E-state index in [0.29, 0.717) is 11.0 Å². The van der Waals surface area contributed by atoms with Crippen molar-refractivity contribution in [3.63, 3.8) is 0 Å². The summed E-state index contributed by atoms with van der Waals surface area (Å²) in [7, 11) is 0. The lowest BCUT2D eigenvalue weighted by atomic mass is 10.8. The van der Waals surface area contributed by atoms with Gasteiger partial charge in [-0.1, -0.05) is 27.7 Å². The molecule has 66 valence electrons. The fraction of sp³-hybridized carbons (Fsp3) is 0.625. The van der Waals surface area contributed by atoms with Gasteiger partial charge in [-0.25, -0.2) is 4.98 Å². The zero-order valence-corrected chi connectivity index (χ0v) is 8.77. The molecule has 1 heterocycles. The lowest BCUT2D eigenvalue weighted by molar-refractivity contribution is 0.443. The highest BCUT2D eigenvalue weighted by Crippen LogP contribution is 2.04. The third-order valence-corrected chi connectivity index (χ3v) is 0.816. The molecule has 0 spiro atoms. The van der Waals surface area contributed by atoms with E-state index < -0.39 is 0 Å². The van der Waals surface area contributed by atoms with Crippen LogP contribution in [0.5, 0.6) is 0 Å². The predicted molar refractivity (Wildman–Crippen MR) is 51.2 cm³/mol. The largest absolute Gasteiger partial charge is 0.435 e. The second kappa shape index (κ2) is 9.56. The summed E-state index contributed by atoms with van der Waals surface area (Å²) in [6, 6.07) is 0. The van der Waals surface area contributed by atoms with Gasteiger partial charge in [0.1, 0.15) is 0 Å². The van der Waals surface area contributed by atoms with E-state index in [0.717, 1.165) is 0 Å². The van der Waals surface area contributed by atoms with E-state index in [1.54, 1.807) is 13.1 Å². The Bertz CT molecular complexity index is 146. The van der Waals surface area contributed by atoms with Crippen LogP contribution in [0.2, 0.25) is 0 Å². The van der Waals surface area contributed by atoms with Crippen LogP contribution in [0.3, 0.4) is 0 Å². The first-order valence-corrected chi connectivity index (χ1v) is 4.35. The maximum atomic E-state index is 4.84. The average Bonchev–Trinajstić information content (AvgIpc) is 2.43. The molecule has 2 nitrogen and oxygen atoms in total. The van der Waals surface area contributed by atoms with Crippen LogP contribution in [0.15, 0.2) is 15.7 Å². The van der Waals surface area contributed by atoms with Gasteiger partial charge in [-0.2, -0.15) is 0 Å². The van der Waals surface area contributed by atoms with Gasteiger partial charge in [0, 0.05) is 6.92 Å². The fourth-order valence-electron chi connectivity index (χ4n) is 0.350. The standard InChI is InChI=1S/C4H5NOS.2C2H6/c1-3-5-2-4(7)6-3;2*1-2/h2,7H,1H3;2*1-2H3. The number of rotatable bonds is 0. The number of nitrogens with zero attached hydrogens (tertiary/aromatic N) is 1. The molecule has 3 heteroatoms. The Hall–Kier alpha value is -0.440. The zero-order chi connectivity index (χ0) is 9.28. The predicted octanol–water partition coefficient (Wildman–Crippen LogP) is 3.32. The Kier molecular flexibility index (Phi) is 11.4. The van der Waals surface area contributed by atoms with Gasteiger partial charge in [-0.15, -0.1) is 12.6 Å². The molecule has 11 heavy (non-hydrogen) atoms. The molecule has 0 aliphatic carbocycles. The first-order valence-electron chi connectivity index (χ1n) is 3.90. The second-order valence-electron chi connectivity index (χ2n) is 1.22. The normalized spacial score (nSPS) is 7.09. The summed E-state index contributed by atoms with van der Waals surface area (Å²) in [6.07, 6.45) is 1.57. The van der Waals surface area contributed by atoms with Crippen molar-refractivity contribution in [2.24, 2.45) is 0 Å². The first kappa shape index (κ1) is 13.2. The number of aryl methyl sites for hydroxylation is 1. The molecule has 0 aliphatic heterocycles. The molecular formula is C8H17NOS. The van der Waals surface area contributed by atoms with E-state index in [9.17, 15) is 0 Å². The Balaban J connectivity index is 0. The first-order chi connectivity index (χ1) is 5.29. The van der Waals surface area contributed by atoms with Gasteiger partial charge < -0.3 is 4.42 Å². The Morgan fingerprint density at radius 1 is 1.27 bits per heavy atom. The van der Waals surface area contributed by atoms with Crippen molar-refractivity contribution in [1.82, 2.24) is 4.98 Å². The monoisotopic (exact) mass is 175 g/mol. The van der Waals surface area contributed by atoms with Crippen molar-refractivity contribution in [2.75, 3.05) is 0 Å². The smallest absolute Gasteiger partial charge is 0.192 e. The van der Waals surface area contributed by atoms with Crippen molar-refractivity contribution in [2.45, 2.75) is 39.7 Å². The third kappa shape index (κ3) is 7.46. The van der Waals surface area contributed by atoms with Crippen LogP contribution in [-0.4, -0.2) is 4.98 Å². The zero-order valence-electron chi connectivity index (χ0n) is 7.88. The van der Waals surface area contributed by atoms with Crippen LogP contribution in [0.25, 0.3) is 0 Å². The lowest BCUT2D eigenvalue weighted by Crippen LogP contribution is -1.59. The number of aromatic nitrogens is 1. The van der Waals surface area contributed by atoms with Gasteiger partial charge >= 0.3 is 0 Å². The van der Waals surface area contributed by atoms with Crippen molar-refractivity contribution >= 4 is 12.6 Å². The van der Waals surface area contributed by atoms with Crippen LogP contribution in [0.4, 0.5) is 0 Å². The second-order valence-corrected chi connectivity index (χ2v) is 1.66. The minimum Gasteiger partial charge on any atom is -0.435 e. The third-order valence-electron chi connectivity index (χ3n) is 0.609. The molecule has 0 atom stereocenters. The number of oxazole rings is 1. The summed E-state index contributed by atoms with van der Waals surface area (Å²) in [5.74, 6) is 0.657. The summed E-state index contributed by atoms with van der Waals surface area (Å²) in [4.78, 5) is 3.77. The number of hydrogen-bond acceptors (Lipinski definition) is 3. The van der Waals surface area contributed by atoms with Crippen LogP contribution in [0, 0.1) is 6.92 Å². The molecule has 1 rings (SSSR count). The van der Waals surface area contributed by atoms with Crippen LogP contribution >= 0.6 is 12.6 Å². The number of hydrogen-bond donors (Lipinski definition) is 1. The maximum absolute atomic E-state index is 4.84. The summed E-state index contributed by atoms with van der Waals surface area (Å²) >= 11 is 3.88. The number of thiol groups is 1. The minimum absolute atomic E-state index is 0.567. The van der Waals surface area contributed by atoms with E-state index in [4.69, 9.17) is 4.42 Å². The molecule has 0 saturated carbocycles. The summed E-state index contributed by atoms with van der Waals surface area (Å²) in [6.45, 7) is 9.78. The lowest BCUT2D eigenvalue weighted by Gasteiger charge is -1.72. The summed E-state index contributed by atoms with van der Waals surface area (Å²) < 4.78 is 4.84. The van der Waals surface area contributed by atoms with Crippen molar-refractivity contribution in [1.29, 1.82) is 0 Å². The highest BCUT2D eigenvalue weighted by molar-refractivity contribution is 7.80. The molecule has 1 aromatic rings. The van der Waals surface area contributed by atoms with Gasteiger partial charge in [-0.3, -0.25) is 0 Å². The Morgan fingerprint density at radius 2 is 1.73 bits per heavy atom. The Morgan fingerprint density at radius 3 is 1.82 bits per heavy atom. The topological polar surface area (TPSA) is 26.0 Å². The van der Waals surface area contributed by atoms with Gasteiger partial charge in [-0.05, 0) is 0 Å². The summed E-state index contributed by atoms with van der Waals surface area (Å²) in [5, 5.41) is 0.567. The minimum atomic E-state index is 0.567. The molecule has 0 bridgehead atoms. The van der Waals surface area contributed by atoms with Gasteiger partial charge in [0.2, 0.25) is 0 Å². The SMILES string of the molecule is CC.CC.Cc1ncc(S)o1. The van der Waals surface area contributed by atoms with Crippen molar-refractivity contribution in [3.8, 4) is 0 Å². The van der Waals surface area contributed by atoms with Crippen LogP contribution in [0.1, 0.15) is 33.6 Å². The summed E-state index contributed by atoms with van der Waals surface area (Å²) in [5.41, 5.74) is 0. The Labute approximate surface area is 74.4 Å². The highest BCUT2D eigenvalue weighted by Gasteiger charge is 1.88. The molecule has 0 N–H and O–H groups in total. The molecule has 0 unspecified atom stereocenters. The van der Waals surface area contributed by atoms with Crippen LogP contribution < -0.4 is 0 Å². The molecule has 0 aliphatic rings. The molecule has 0 radical (unpaired) electrons. The van der Waals surface area contributed by atoms with Gasteiger partial charge in [0.15, 0.2) is 11.0 Å². The molecule has 0 fully saturated rings. The average molecular weight is 175 g/mol. The van der Waals surface area contributed by atoms with E-state index in [-0.39, 0.29) is 0 Å².